The van der Waals surface area contributed by atoms with Gasteiger partial charge in [0.1, 0.15) is 0 Å². The molecule has 114 valence electrons. The van der Waals surface area contributed by atoms with Crippen molar-refractivity contribution in [2.75, 3.05) is 0 Å². The third-order valence-electron chi connectivity index (χ3n) is 3.80. The summed E-state index contributed by atoms with van der Waals surface area (Å²) >= 11 is 0. The minimum atomic E-state index is -0.863. The molecule has 0 aliphatic heterocycles. The van der Waals surface area contributed by atoms with Crippen LogP contribution in [0.2, 0.25) is 0 Å². The summed E-state index contributed by atoms with van der Waals surface area (Å²) in [6.07, 6.45) is 3.73. The molecule has 2 amide bonds. The van der Waals surface area contributed by atoms with Crippen molar-refractivity contribution in [2.24, 2.45) is 13.0 Å². The van der Waals surface area contributed by atoms with Crippen LogP contribution in [0, 0.1) is 19.8 Å². The number of carboxylic acid groups (broad SMARTS) is 1. The largest absolute Gasteiger partial charge is 0.481 e. The fraction of sp³-hybridized carbons (Fsp3) is 0.500. The number of nitrogens with one attached hydrogen (secondary N) is 2. The number of urea groups is 1. The lowest BCUT2D eigenvalue weighted by Crippen LogP contribution is -2.40. The van der Waals surface area contributed by atoms with Gasteiger partial charge in [-0.25, -0.2) is 4.79 Å². The molecule has 2 unspecified atom stereocenters. The van der Waals surface area contributed by atoms with Crippen LogP contribution in [0.4, 0.5) is 4.79 Å². The summed E-state index contributed by atoms with van der Waals surface area (Å²) in [4.78, 5) is 22.7. The second-order valence-corrected chi connectivity index (χ2v) is 5.27. The molecule has 7 heteroatoms. The zero-order valence-corrected chi connectivity index (χ0v) is 12.4. The van der Waals surface area contributed by atoms with Gasteiger partial charge in [0, 0.05) is 24.8 Å². The topological polar surface area (TPSA) is 96.3 Å². The molecule has 0 radical (unpaired) electrons. The number of hydrogen-bond donors (Lipinski definition) is 3. The molecule has 1 aliphatic carbocycles. The van der Waals surface area contributed by atoms with E-state index in [1.807, 2.05) is 20.9 Å². The number of hydrogen-bond acceptors (Lipinski definition) is 3. The normalized spacial score (nSPS) is 20.5. The minimum Gasteiger partial charge on any atom is -0.481 e. The van der Waals surface area contributed by atoms with Gasteiger partial charge in [-0.2, -0.15) is 5.10 Å². The molecule has 0 bridgehead atoms. The maximum absolute atomic E-state index is 11.8. The Balaban J connectivity index is 1.83. The predicted octanol–water partition coefficient (Wildman–Crippen LogP) is 0.865. The molecule has 0 spiro atoms. The molecule has 2 atom stereocenters. The van der Waals surface area contributed by atoms with E-state index in [-0.39, 0.29) is 12.1 Å². The number of carboxylic acids is 1. The highest BCUT2D eigenvalue weighted by molar-refractivity contribution is 5.76. The van der Waals surface area contributed by atoms with Crippen LogP contribution in [0.15, 0.2) is 12.2 Å². The number of aromatic nitrogens is 2. The van der Waals surface area contributed by atoms with E-state index < -0.39 is 11.9 Å². The molecule has 1 aromatic heterocycles. The molecule has 1 heterocycles. The lowest BCUT2D eigenvalue weighted by Gasteiger charge is -2.13. The van der Waals surface area contributed by atoms with Crippen LogP contribution in [-0.4, -0.2) is 32.9 Å². The van der Waals surface area contributed by atoms with Crippen LogP contribution in [0.3, 0.4) is 0 Å². The third kappa shape index (κ3) is 3.42. The molecular formula is C14H20N4O3. The number of amides is 2. The molecule has 0 fully saturated rings. The van der Waals surface area contributed by atoms with Crippen LogP contribution < -0.4 is 10.6 Å². The van der Waals surface area contributed by atoms with Crippen molar-refractivity contribution < 1.29 is 14.7 Å². The first-order valence-corrected chi connectivity index (χ1v) is 6.83. The third-order valence-corrected chi connectivity index (χ3v) is 3.80. The average molecular weight is 292 g/mol. The Bertz CT molecular complexity index is 591. The van der Waals surface area contributed by atoms with Gasteiger partial charge in [-0.3, -0.25) is 9.48 Å². The summed E-state index contributed by atoms with van der Waals surface area (Å²) in [5.74, 6) is -1.38. The van der Waals surface area contributed by atoms with E-state index in [1.54, 1.807) is 16.8 Å². The van der Waals surface area contributed by atoms with Gasteiger partial charge in [0.2, 0.25) is 0 Å². The molecule has 21 heavy (non-hydrogen) atoms. The van der Waals surface area contributed by atoms with E-state index in [0.29, 0.717) is 13.0 Å². The first-order chi connectivity index (χ1) is 9.88. The molecular weight excluding hydrogens is 272 g/mol. The molecule has 2 rings (SSSR count). The fourth-order valence-electron chi connectivity index (χ4n) is 2.45. The zero-order chi connectivity index (χ0) is 15.6. The molecule has 0 saturated carbocycles. The van der Waals surface area contributed by atoms with Crippen LogP contribution in [0.25, 0.3) is 0 Å². The Labute approximate surface area is 123 Å². The first kappa shape index (κ1) is 15.1. The van der Waals surface area contributed by atoms with Gasteiger partial charge in [-0.1, -0.05) is 12.2 Å². The Hall–Kier alpha value is -2.31. The van der Waals surface area contributed by atoms with E-state index in [4.69, 9.17) is 5.11 Å². The van der Waals surface area contributed by atoms with Crippen LogP contribution in [-0.2, 0) is 18.4 Å². The maximum atomic E-state index is 11.8. The Morgan fingerprint density at radius 2 is 2.14 bits per heavy atom. The zero-order valence-electron chi connectivity index (χ0n) is 12.4. The van der Waals surface area contributed by atoms with Gasteiger partial charge in [0.15, 0.2) is 0 Å². The summed E-state index contributed by atoms with van der Waals surface area (Å²) in [5, 5.41) is 18.7. The van der Waals surface area contributed by atoms with Crippen LogP contribution in [0.5, 0.6) is 0 Å². The Morgan fingerprint density at radius 3 is 2.67 bits per heavy atom. The maximum Gasteiger partial charge on any atom is 0.315 e. The van der Waals surface area contributed by atoms with Crippen LogP contribution >= 0.6 is 0 Å². The molecule has 7 nitrogen and oxygen atoms in total. The first-order valence-electron chi connectivity index (χ1n) is 6.83. The highest BCUT2D eigenvalue weighted by Gasteiger charge is 2.25. The standard InChI is InChI=1S/C14H20N4O3/c1-8-12(9(2)18(3)17-8)7-15-14(21)16-11-5-4-10(6-11)13(19)20/h4-5,10-11H,6-7H2,1-3H3,(H,19,20)(H2,15,16,21). The number of carbonyl (C=O) groups excluding carboxylic acids is 1. The molecule has 3 N–H and O–H groups in total. The van der Waals surface area contributed by atoms with Crippen molar-refractivity contribution in [3.8, 4) is 0 Å². The highest BCUT2D eigenvalue weighted by Crippen LogP contribution is 2.17. The van der Waals surface area contributed by atoms with Crippen molar-refractivity contribution in [1.82, 2.24) is 20.4 Å². The second-order valence-electron chi connectivity index (χ2n) is 5.27. The fourth-order valence-corrected chi connectivity index (χ4v) is 2.45. The monoisotopic (exact) mass is 292 g/mol. The van der Waals surface area contributed by atoms with Crippen molar-refractivity contribution in [3.63, 3.8) is 0 Å². The van der Waals surface area contributed by atoms with Gasteiger partial charge in [-0.05, 0) is 20.3 Å². The van der Waals surface area contributed by atoms with Crippen LogP contribution in [0.1, 0.15) is 23.4 Å². The van der Waals surface area contributed by atoms with Crippen molar-refractivity contribution in [3.05, 3.63) is 29.1 Å². The molecule has 1 aliphatic rings. The minimum absolute atomic E-state index is 0.234. The number of rotatable bonds is 4. The van der Waals surface area contributed by atoms with Crippen molar-refractivity contribution in [2.45, 2.75) is 32.9 Å². The lowest BCUT2D eigenvalue weighted by atomic mass is 10.1. The Kier molecular flexibility index (Phi) is 4.30. The average Bonchev–Trinajstić information content (AvgIpc) is 2.95. The lowest BCUT2D eigenvalue weighted by molar-refractivity contribution is -0.140. The molecule has 0 aromatic carbocycles. The quantitative estimate of drug-likeness (QED) is 0.717. The van der Waals surface area contributed by atoms with E-state index >= 15 is 0 Å². The summed E-state index contributed by atoms with van der Waals surface area (Å²) in [7, 11) is 1.86. The van der Waals surface area contributed by atoms with E-state index in [1.165, 1.54) is 0 Å². The van der Waals surface area contributed by atoms with E-state index in [2.05, 4.69) is 15.7 Å². The number of carbonyl (C=O) groups is 2. The smallest absolute Gasteiger partial charge is 0.315 e. The van der Waals surface area contributed by atoms with Gasteiger partial charge >= 0.3 is 12.0 Å². The van der Waals surface area contributed by atoms with Crippen molar-refractivity contribution in [1.29, 1.82) is 0 Å². The number of aliphatic carboxylic acids is 1. The summed E-state index contributed by atoms with van der Waals surface area (Å²) in [5.41, 5.74) is 2.90. The second kappa shape index (κ2) is 5.99. The number of nitrogens with zero attached hydrogens (tertiary/aromatic N) is 2. The van der Waals surface area contributed by atoms with E-state index in [9.17, 15) is 9.59 Å². The highest BCUT2D eigenvalue weighted by atomic mass is 16.4. The van der Waals surface area contributed by atoms with Gasteiger partial charge in [-0.15, -0.1) is 0 Å². The summed E-state index contributed by atoms with van der Waals surface area (Å²) < 4.78 is 1.78. The molecule has 0 saturated heterocycles. The summed E-state index contributed by atoms with van der Waals surface area (Å²) in [6.45, 7) is 4.25. The van der Waals surface area contributed by atoms with Gasteiger partial charge in [0.25, 0.3) is 0 Å². The van der Waals surface area contributed by atoms with Gasteiger partial charge < -0.3 is 15.7 Å². The summed E-state index contributed by atoms with van der Waals surface area (Å²) in [6, 6.07) is -0.541. The number of aryl methyl sites for hydroxylation is 2. The van der Waals surface area contributed by atoms with Crippen molar-refractivity contribution >= 4 is 12.0 Å². The van der Waals surface area contributed by atoms with Gasteiger partial charge in [0.05, 0.1) is 17.7 Å². The molecule has 1 aromatic rings. The SMILES string of the molecule is Cc1nn(C)c(C)c1CNC(=O)NC1C=CC(C(=O)O)C1. The predicted molar refractivity (Wildman–Crippen MR) is 76.7 cm³/mol. The van der Waals surface area contributed by atoms with E-state index in [0.717, 1.165) is 17.0 Å². The Morgan fingerprint density at radius 1 is 1.43 bits per heavy atom.